The normalized spacial score (nSPS) is 12.0. The molecule has 0 spiro atoms. The summed E-state index contributed by atoms with van der Waals surface area (Å²) >= 11 is 0. The predicted octanol–water partition coefficient (Wildman–Crippen LogP) is 4.81. The van der Waals surface area contributed by atoms with E-state index in [9.17, 15) is 0 Å². The Labute approximate surface area is 113 Å². The maximum absolute atomic E-state index is 3.55. The molecule has 3 aromatic rings. The summed E-state index contributed by atoms with van der Waals surface area (Å²) in [4.78, 5) is 0. The Kier molecular flexibility index (Phi) is 2.28. The smallest absolute Gasteiger partial charge is 0.0521 e. The second kappa shape index (κ2) is 4.10. The lowest BCUT2D eigenvalue weighted by atomic mass is 9.96. The van der Waals surface area contributed by atoms with Crippen LogP contribution in [0.2, 0.25) is 0 Å². The van der Waals surface area contributed by atoms with Gasteiger partial charge in [-0.15, -0.1) is 0 Å². The summed E-state index contributed by atoms with van der Waals surface area (Å²) < 4.78 is 0. The average molecular weight is 240 g/mol. The van der Waals surface area contributed by atoms with E-state index in [0.717, 1.165) is 0 Å². The first-order valence-corrected chi connectivity index (χ1v) is 6.48. The van der Waals surface area contributed by atoms with Crippen LogP contribution in [0.5, 0.6) is 0 Å². The first-order valence-electron chi connectivity index (χ1n) is 6.48. The molecule has 88 valence electrons. The van der Waals surface area contributed by atoms with Crippen molar-refractivity contribution >= 4 is 0 Å². The predicted molar refractivity (Wildman–Crippen MR) is 78.8 cm³/mol. The third-order valence-electron chi connectivity index (χ3n) is 3.63. The number of hydrogen-bond acceptors (Lipinski definition) is 0. The second-order valence-electron chi connectivity index (χ2n) is 4.76. The second-order valence-corrected chi connectivity index (χ2v) is 4.76. The number of hydrogen-bond donors (Lipinski definition) is 0. The van der Waals surface area contributed by atoms with Crippen molar-refractivity contribution < 1.29 is 0 Å². The minimum absolute atomic E-state index is 1.20. The molecule has 1 aliphatic rings. The minimum Gasteiger partial charge on any atom is -0.0622 e. The van der Waals surface area contributed by atoms with E-state index < -0.39 is 0 Å². The summed E-state index contributed by atoms with van der Waals surface area (Å²) in [6, 6.07) is 25.5. The average Bonchev–Trinajstić information content (AvgIpc) is 2.87. The highest BCUT2D eigenvalue weighted by Crippen LogP contribution is 2.42. The lowest BCUT2D eigenvalue weighted by Crippen LogP contribution is -1.85. The number of benzene rings is 3. The molecule has 0 saturated carbocycles. The van der Waals surface area contributed by atoms with Crippen molar-refractivity contribution in [1.82, 2.24) is 0 Å². The summed E-state index contributed by atoms with van der Waals surface area (Å²) in [5.41, 5.74) is 7.50. The quantitative estimate of drug-likeness (QED) is 0.448. The first kappa shape index (κ1) is 10.6. The zero-order chi connectivity index (χ0) is 12.7. The van der Waals surface area contributed by atoms with Crippen molar-refractivity contribution in [2.75, 3.05) is 0 Å². The molecule has 19 heavy (non-hydrogen) atoms. The maximum atomic E-state index is 3.55. The Balaban J connectivity index is 1.95. The monoisotopic (exact) mass is 240 g/mol. The van der Waals surface area contributed by atoms with Gasteiger partial charge in [0.05, 0.1) is 6.42 Å². The molecule has 2 radical (unpaired) electrons. The van der Waals surface area contributed by atoms with E-state index in [0.29, 0.717) is 0 Å². The van der Waals surface area contributed by atoms with Gasteiger partial charge in [0.1, 0.15) is 0 Å². The van der Waals surface area contributed by atoms with Crippen LogP contribution >= 0.6 is 0 Å². The maximum Gasteiger partial charge on any atom is 0.0521 e. The molecule has 0 N–H and O–H groups in total. The van der Waals surface area contributed by atoms with E-state index >= 15 is 0 Å². The molecule has 1 aliphatic carbocycles. The Bertz CT molecular complexity index is 739. The van der Waals surface area contributed by atoms with Crippen LogP contribution in [-0.2, 0) is 0 Å². The van der Waals surface area contributed by atoms with E-state index in [4.69, 9.17) is 0 Å². The fourth-order valence-corrected chi connectivity index (χ4v) is 2.73. The van der Waals surface area contributed by atoms with E-state index in [1.807, 2.05) is 0 Å². The van der Waals surface area contributed by atoms with Crippen molar-refractivity contribution in [3.05, 3.63) is 90.3 Å². The molecule has 0 aliphatic heterocycles. The van der Waals surface area contributed by atoms with Crippen molar-refractivity contribution in [2.24, 2.45) is 0 Å². The molecule has 3 aromatic carbocycles. The highest BCUT2D eigenvalue weighted by Gasteiger charge is 2.21. The molecule has 4 rings (SSSR count). The van der Waals surface area contributed by atoms with Crippen LogP contribution in [0.25, 0.3) is 22.3 Å². The SMILES string of the molecule is [C]1c2ccccc2-c2cccc(-c3ccccc3)c21. The Morgan fingerprint density at radius 3 is 2.11 bits per heavy atom. The first-order chi connectivity index (χ1) is 9.43. The summed E-state index contributed by atoms with van der Waals surface area (Å²) in [6.07, 6.45) is 3.55. The molecule has 0 bridgehead atoms. The van der Waals surface area contributed by atoms with E-state index in [2.05, 4.69) is 79.2 Å². The molecule has 0 nitrogen and oxygen atoms in total. The largest absolute Gasteiger partial charge is 0.0622 e. The van der Waals surface area contributed by atoms with Crippen LogP contribution < -0.4 is 0 Å². The summed E-state index contributed by atoms with van der Waals surface area (Å²) in [5.74, 6) is 0. The fourth-order valence-electron chi connectivity index (χ4n) is 2.73. The van der Waals surface area contributed by atoms with Gasteiger partial charge in [0.25, 0.3) is 0 Å². The summed E-state index contributed by atoms with van der Waals surface area (Å²) in [7, 11) is 0. The highest BCUT2D eigenvalue weighted by molar-refractivity contribution is 5.88. The van der Waals surface area contributed by atoms with Crippen LogP contribution in [0.1, 0.15) is 11.1 Å². The minimum atomic E-state index is 1.20. The fraction of sp³-hybridized carbons (Fsp3) is 0. The van der Waals surface area contributed by atoms with E-state index in [1.54, 1.807) is 0 Å². The van der Waals surface area contributed by atoms with Gasteiger partial charge < -0.3 is 0 Å². The third kappa shape index (κ3) is 1.61. The molecule has 0 heterocycles. The van der Waals surface area contributed by atoms with Crippen LogP contribution in [-0.4, -0.2) is 0 Å². The lowest BCUT2D eigenvalue weighted by Gasteiger charge is -2.08. The van der Waals surface area contributed by atoms with Gasteiger partial charge in [-0.05, 0) is 33.4 Å². The van der Waals surface area contributed by atoms with Crippen LogP contribution in [0, 0.1) is 6.42 Å². The molecule has 0 unspecified atom stereocenters. The van der Waals surface area contributed by atoms with Crippen LogP contribution in [0.4, 0.5) is 0 Å². The van der Waals surface area contributed by atoms with Gasteiger partial charge in [0.2, 0.25) is 0 Å². The van der Waals surface area contributed by atoms with Crippen molar-refractivity contribution in [2.45, 2.75) is 0 Å². The van der Waals surface area contributed by atoms with Crippen LogP contribution in [0.15, 0.2) is 72.8 Å². The van der Waals surface area contributed by atoms with Gasteiger partial charge in [-0.25, -0.2) is 0 Å². The number of rotatable bonds is 1. The topological polar surface area (TPSA) is 0 Å². The molecule has 0 amide bonds. The zero-order valence-electron chi connectivity index (χ0n) is 10.4. The van der Waals surface area contributed by atoms with Gasteiger partial charge in [0.15, 0.2) is 0 Å². The molecular formula is C19H12. The van der Waals surface area contributed by atoms with E-state index in [-0.39, 0.29) is 0 Å². The third-order valence-corrected chi connectivity index (χ3v) is 3.63. The Morgan fingerprint density at radius 2 is 1.21 bits per heavy atom. The van der Waals surface area contributed by atoms with Gasteiger partial charge in [-0.1, -0.05) is 72.8 Å². The lowest BCUT2D eigenvalue weighted by molar-refractivity contribution is 1.52. The highest BCUT2D eigenvalue weighted by atomic mass is 14.2. The van der Waals surface area contributed by atoms with Gasteiger partial charge in [-0.3, -0.25) is 0 Å². The van der Waals surface area contributed by atoms with Crippen molar-refractivity contribution in [1.29, 1.82) is 0 Å². The molecule has 0 heteroatoms. The summed E-state index contributed by atoms with van der Waals surface area (Å²) in [5, 5.41) is 0. The zero-order valence-corrected chi connectivity index (χ0v) is 10.4. The summed E-state index contributed by atoms with van der Waals surface area (Å²) in [6.45, 7) is 0. The van der Waals surface area contributed by atoms with Gasteiger partial charge in [0, 0.05) is 0 Å². The molecule has 0 saturated heterocycles. The van der Waals surface area contributed by atoms with E-state index in [1.165, 1.54) is 33.4 Å². The van der Waals surface area contributed by atoms with Crippen LogP contribution in [0.3, 0.4) is 0 Å². The molecular weight excluding hydrogens is 228 g/mol. The van der Waals surface area contributed by atoms with Crippen molar-refractivity contribution in [3.8, 4) is 22.3 Å². The Hall–Kier alpha value is -2.34. The molecule has 0 aromatic heterocycles. The molecule has 0 fully saturated rings. The van der Waals surface area contributed by atoms with Gasteiger partial charge in [-0.2, -0.15) is 0 Å². The Morgan fingerprint density at radius 1 is 0.526 bits per heavy atom. The standard InChI is InChI=1S/C19H12/c1-2-7-14(8-3-1)16-11-6-12-18-17-10-5-4-9-15(17)13-19(16)18/h1-12H. The molecule has 0 atom stereocenters. The number of fused-ring (bicyclic) bond motifs is 3. The van der Waals surface area contributed by atoms with Gasteiger partial charge >= 0.3 is 0 Å². The van der Waals surface area contributed by atoms with Crippen molar-refractivity contribution in [3.63, 3.8) is 0 Å².